The Labute approximate surface area is 847 Å². The fourth-order valence-electron chi connectivity index (χ4n) is 14.9. The molecule has 0 atom stereocenters. The molecule has 0 saturated heterocycles. The average molecular weight is 2110 g/mol. The third kappa shape index (κ3) is 26.5. The SMILES string of the molecule is CN1C=CN(c2[c-]cc(-c3ccccc3)cc2)[CH-]1.CN1C=CN(c2[c-]cc(-c3ccccc3)cc2)[CH-]1.CN1[CH-]N(c2[c-]cc(-c3ccccc3)cc2)c2ccccc21.CN1[CH-]N(c2[c-]cc(-c3ccccc3)cc2)c2ccccc21.CN1[CH-]N(c2[c-]cccc2)c2ccccc21.Cc1cc(C)n(-c2[c-]cccc2)n1.[Rh+3].[Rh+3].[Rh+3].[Rh].[c-]1ccccc1-n1cccn1.[c-]1ccccc1-n1cccn1. The summed E-state index contributed by atoms with van der Waals surface area (Å²) in [6.45, 7) is 14.4. The van der Waals surface area contributed by atoms with Crippen LogP contribution in [0.2, 0.25) is 0 Å². The average Bonchev–Trinajstić information content (AvgIpc) is 1.64. The summed E-state index contributed by atoms with van der Waals surface area (Å²) in [7, 11) is 10.2. The van der Waals surface area contributed by atoms with E-state index in [0.717, 1.165) is 56.9 Å². The maximum Gasteiger partial charge on any atom is 3.00 e. The Hall–Kier alpha value is -14.1. The summed E-state index contributed by atoms with van der Waals surface area (Å²) in [5, 5.41) is 12.5. The fraction of sp³-hybridized carbons (Fsp3) is 0.0609. The molecule has 16 nitrogen and oxygen atoms in total. The van der Waals surface area contributed by atoms with Crippen LogP contribution in [0.1, 0.15) is 11.4 Å². The Morgan fingerprint density at radius 3 is 0.793 bits per heavy atom. The standard InChI is InChI=1S/2C20H16N2.2C16H14N2.C14H12N2.C11H11N2.2C9H7N2.4Rh/c2*1-21-15-22(20-10-6-5-9-19(20)21)18-13-11-17(12-14-18)16-7-3-2-4-8-16;2*1-17-11-12-18(13-17)16-9-7-15(8-10-16)14-5-3-2-4-6-14;1-15-11-16(12-7-3-2-4-8-12)14-10-6-5-9-13(14)15;1-9-8-10(2)13(12-9)11-6-4-3-5-7-11;2*1-2-5-9(6-3-1)11-8-4-7-10-11;;;;/h2*2-13,15H,1H3;2*2-9,11-13H,1H3;2-7,9-11H,1H3;3-6,8H,1-2H3;2*1-5,7-8H;;;;/q5*-2;3*-1;;3*+3. The van der Waals surface area contributed by atoms with Crippen LogP contribution in [0.5, 0.6) is 0 Å². The van der Waals surface area contributed by atoms with Crippen molar-refractivity contribution in [3.05, 3.63) is 525 Å². The van der Waals surface area contributed by atoms with Crippen molar-refractivity contribution < 1.29 is 77.9 Å². The van der Waals surface area contributed by atoms with Gasteiger partial charge in [-0.1, -0.05) is 180 Å². The van der Waals surface area contributed by atoms with Crippen molar-refractivity contribution in [1.29, 1.82) is 0 Å². The molecule has 0 saturated carbocycles. The van der Waals surface area contributed by atoms with E-state index in [1.807, 2.05) is 232 Å². The van der Waals surface area contributed by atoms with Crippen molar-refractivity contribution in [2.24, 2.45) is 0 Å². The van der Waals surface area contributed by atoms with Gasteiger partial charge in [0, 0.05) is 84.1 Å². The number of aromatic nitrogens is 6. The Morgan fingerprint density at radius 1 is 0.252 bits per heavy atom. The number of hydrogen-bond donors (Lipinski definition) is 0. The second-order valence-corrected chi connectivity index (χ2v) is 30.8. The van der Waals surface area contributed by atoms with Crippen molar-refractivity contribution >= 4 is 62.6 Å². The monoisotopic (exact) mass is 2110 g/mol. The van der Waals surface area contributed by atoms with Crippen LogP contribution in [0.25, 0.3) is 61.6 Å². The van der Waals surface area contributed by atoms with E-state index in [2.05, 4.69) is 387 Å². The van der Waals surface area contributed by atoms with Gasteiger partial charge in [0.2, 0.25) is 0 Å². The molecule has 0 bridgehead atoms. The second kappa shape index (κ2) is 50.1. The van der Waals surface area contributed by atoms with Gasteiger partial charge in [0.25, 0.3) is 0 Å². The number of fused-ring (bicyclic) bond motifs is 3. The number of aryl methyl sites for hydroxylation is 2. The molecule has 0 fully saturated rings. The van der Waals surface area contributed by atoms with Gasteiger partial charge in [-0.2, -0.15) is 225 Å². The molecule has 0 N–H and O–H groups in total. The number of hydrogen-bond acceptors (Lipinski definition) is 13. The van der Waals surface area contributed by atoms with Crippen LogP contribution in [0.15, 0.2) is 432 Å². The predicted octanol–water partition coefficient (Wildman–Crippen LogP) is 25.5. The summed E-state index contributed by atoms with van der Waals surface area (Å²) >= 11 is 0. The zero-order valence-electron chi connectivity index (χ0n) is 75.4. The van der Waals surface area contributed by atoms with Crippen LogP contribution in [0.4, 0.5) is 62.6 Å². The van der Waals surface area contributed by atoms with E-state index in [1.165, 1.54) is 78.6 Å². The zero-order valence-corrected chi connectivity index (χ0v) is 81.9. The third-order valence-electron chi connectivity index (χ3n) is 21.4. The smallest absolute Gasteiger partial charge is 0.510 e. The number of benzene rings is 15. The minimum Gasteiger partial charge on any atom is -0.510 e. The Kier molecular flexibility index (Phi) is 37.1. The number of nitrogens with zero attached hydrogens (tertiary/aromatic N) is 16. The molecule has 15 aromatic carbocycles. The summed E-state index contributed by atoms with van der Waals surface area (Å²) in [5.74, 6) is 0. The first-order valence-corrected chi connectivity index (χ1v) is 43.0. The molecule has 5 aliphatic rings. The second-order valence-electron chi connectivity index (χ2n) is 30.8. The molecule has 18 aromatic rings. The molecule has 0 aliphatic carbocycles. The van der Waals surface area contributed by atoms with E-state index in [9.17, 15) is 0 Å². The van der Waals surface area contributed by atoms with Crippen molar-refractivity contribution in [3.63, 3.8) is 0 Å². The van der Waals surface area contributed by atoms with Gasteiger partial charge < -0.3 is 49.0 Å². The summed E-state index contributed by atoms with van der Waals surface area (Å²) in [6, 6.07) is 155. The first kappa shape index (κ1) is 99.9. The van der Waals surface area contributed by atoms with Crippen molar-refractivity contribution in [2.45, 2.75) is 13.8 Å². The molecule has 20 heteroatoms. The molecule has 677 valence electrons. The minimum absolute atomic E-state index is 0. The molecule has 1 radical (unpaired) electrons. The molecule has 5 aliphatic heterocycles. The van der Waals surface area contributed by atoms with Gasteiger partial charge in [-0.05, 0) is 146 Å². The summed E-state index contributed by atoms with van der Waals surface area (Å²) in [5.41, 5.74) is 27.2. The molecular weight excluding hydrogens is 2020 g/mol. The van der Waals surface area contributed by atoms with Crippen LogP contribution < -0.4 is 39.2 Å². The summed E-state index contributed by atoms with van der Waals surface area (Å²) in [4.78, 5) is 21.0. The van der Waals surface area contributed by atoms with Crippen molar-refractivity contribution in [3.8, 4) is 61.6 Å². The topological polar surface area (TPSA) is 85.9 Å². The summed E-state index contributed by atoms with van der Waals surface area (Å²) in [6.07, 6.45) is 15.4. The zero-order chi connectivity index (χ0) is 89.9. The van der Waals surface area contributed by atoms with E-state index < -0.39 is 0 Å². The Balaban J connectivity index is 0.000000140. The Morgan fingerprint density at radius 2 is 0.533 bits per heavy atom. The van der Waals surface area contributed by atoms with E-state index in [4.69, 9.17) is 0 Å². The summed E-state index contributed by atoms with van der Waals surface area (Å²) < 4.78 is 5.45. The number of para-hydroxylation sites is 10. The molecule has 8 heterocycles. The van der Waals surface area contributed by atoms with Gasteiger partial charge in [-0.25, -0.2) is 0 Å². The van der Waals surface area contributed by atoms with Gasteiger partial charge in [0.15, 0.2) is 0 Å². The predicted molar refractivity (Wildman–Crippen MR) is 536 cm³/mol. The molecular formula is C115H97N16Rh4-4. The van der Waals surface area contributed by atoms with Gasteiger partial charge in [0.05, 0.1) is 5.69 Å². The van der Waals surface area contributed by atoms with E-state index in [0.29, 0.717) is 0 Å². The molecule has 135 heavy (non-hydrogen) atoms. The van der Waals surface area contributed by atoms with E-state index in [-0.39, 0.29) is 77.9 Å². The van der Waals surface area contributed by atoms with Gasteiger partial charge in [-0.15, -0.1) is 93.2 Å². The van der Waals surface area contributed by atoms with Crippen LogP contribution >= 0.6 is 0 Å². The van der Waals surface area contributed by atoms with E-state index in [1.54, 1.807) is 21.8 Å². The Bertz CT molecular complexity index is 6240. The van der Waals surface area contributed by atoms with Crippen molar-refractivity contribution in [2.75, 3.05) is 74.4 Å². The maximum atomic E-state index is 4.37. The van der Waals surface area contributed by atoms with Crippen LogP contribution in [-0.2, 0) is 77.9 Å². The van der Waals surface area contributed by atoms with Crippen molar-refractivity contribution in [1.82, 2.24) is 39.1 Å². The van der Waals surface area contributed by atoms with Crippen LogP contribution in [-0.4, -0.2) is 74.4 Å². The third-order valence-corrected chi connectivity index (χ3v) is 21.4. The molecule has 23 rings (SSSR count). The molecule has 0 amide bonds. The quantitative estimate of drug-likeness (QED) is 0.0860. The largest absolute Gasteiger partial charge is 3.00 e. The molecule has 0 spiro atoms. The minimum atomic E-state index is 0. The van der Waals surface area contributed by atoms with Crippen LogP contribution in [0.3, 0.4) is 0 Å². The first-order chi connectivity index (χ1) is 64.4. The van der Waals surface area contributed by atoms with E-state index >= 15 is 0 Å². The molecule has 3 aromatic heterocycles. The van der Waals surface area contributed by atoms with Crippen LogP contribution in [0, 0.1) is 95.7 Å². The normalized spacial score (nSPS) is 12.4. The number of anilines is 11. The first-order valence-electron chi connectivity index (χ1n) is 43.0. The van der Waals surface area contributed by atoms with Gasteiger partial charge >= 0.3 is 58.4 Å². The molecule has 0 unspecified atom stereocenters. The number of rotatable bonds is 12. The van der Waals surface area contributed by atoms with Gasteiger partial charge in [0.1, 0.15) is 0 Å². The van der Waals surface area contributed by atoms with Gasteiger partial charge in [-0.3, -0.25) is 14.0 Å². The fourth-order valence-corrected chi connectivity index (χ4v) is 14.9. The maximum absolute atomic E-state index is 4.37.